The van der Waals surface area contributed by atoms with Gasteiger partial charge in [0.05, 0.1) is 12.0 Å². The molecule has 0 saturated carbocycles. The molecule has 0 saturated heterocycles. The average Bonchev–Trinajstić information content (AvgIpc) is 3.03. The van der Waals surface area contributed by atoms with Crippen molar-refractivity contribution in [3.8, 4) is 17.2 Å². The van der Waals surface area contributed by atoms with Gasteiger partial charge in [0.25, 0.3) is 0 Å². The maximum atomic E-state index is 12.5. The fraction of sp³-hybridized carbons (Fsp3) is 0.294. The minimum Gasteiger partial charge on any atom is -0.496 e. The number of hydrogen-bond donors (Lipinski definition) is 1. The SMILES string of the molecule is COc1cc(C)c(C)cc1CNS(=O)(=O)c1ccc2c(c1)OCO2. The Labute approximate surface area is 141 Å². The number of nitrogens with one attached hydrogen (secondary N) is 1. The lowest BCUT2D eigenvalue weighted by Crippen LogP contribution is -2.23. The molecule has 0 spiro atoms. The van der Waals surface area contributed by atoms with E-state index in [0.29, 0.717) is 17.2 Å². The molecular weight excluding hydrogens is 330 g/mol. The van der Waals surface area contributed by atoms with Crippen molar-refractivity contribution in [2.75, 3.05) is 13.9 Å². The van der Waals surface area contributed by atoms with Gasteiger partial charge < -0.3 is 14.2 Å². The van der Waals surface area contributed by atoms with Crippen molar-refractivity contribution in [2.45, 2.75) is 25.3 Å². The molecule has 0 atom stereocenters. The molecule has 2 aromatic rings. The fourth-order valence-electron chi connectivity index (χ4n) is 2.48. The van der Waals surface area contributed by atoms with E-state index in [0.717, 1.165) is 16.7 Å². The molecule has 3 rings (SSSR count). The highest BCUT2D eigenvalue weighted by Crippen LogP contribution is 2.34. The Balaban J connectivity index is 1.82. The van der Waals surface area contributed by atoms with Crippen LogP contribution in [-0.2, 0) is 16.6 Å². The number of fused-ring (bicyclic) bond motifs is 1. The third-order valence-electron chi connectivity index (χ3n) is 4.00. The molecule has 7 heteroatoms. The van der Waals surface area contributed by atoms with Crippen molar-refractivity contribution in [3.05, 3.63) is 47.0 Å². The molecule has 24 heavy (non-hydrogen) atoms. The number of methoxy groups -OCH3 is 1. The summed E-state index contributed by atoms with van der Waals surface area (Å²) < 4.78 is 43.4. The van der Waals surface area contributed by atoms with Crippen LogP contribution in [0.2, 0.25) is 0 Å². The summed E-state index contributed by atoms with van der Waals surface area (Å²) in [4.78, 5) is 0.134. The summed E-state index contributed by atoms with van der Waals surface area (Å²) in [7, 11) is -2.10. The summed E-state index contributed by atoms with van der Waals surface area (Å²) in [6.07, 6.45) is 0. The highest BCUT2D eigenvalue weighted by molar-refractivity contribution is 7.89. The van der Waals surface area contributed by atoms with E-state index in [2.05, 4.69) is 4.72 Å². The van der Waals surface area contributed by atoms with Crippen molar-refractivity contribution >= 4 is 10.0 Å². The lowest BCUT2D eigenvalue weighted by Gasteiger charge is -2.13. The lowest BCUT2D eigenvalue weighted by atomic mass is 10.1. The highest BCUT2D eigenvalue weighted by Gasteiger charge is 2.20. The Hall–Kier alpha value is -2.25. The number of aryl methyl sites for hydroxylation is 2. The fourth-order valence-corrected chi connectivity index (χ4v) is 3.50. The first-order valence-corrected chi connectivity index (χ1v) is 8.92. The summed E-state index contributed by atoms with van der Waals surface area (Å²) in [6, 6.07) is 8.37. The molecule has 1 heterocycles. The predicted octanol–water partition coefficient (Wildman–Crippen LogP) is 2.52. The molecule has 1 aliphatic rings. The van der Waals surface area contributed by atoms with E-state index in [9.17, 15) is 8.42 Å². The monoisotopic (exact) mass is 349 g/mol. The molecule has 2 aromatic carbocycles. The first-order valence-electron chi connectivity index (χ1n) is 7.44. The van der Waals surface area contributed by atoms with Crippen LogP contribution in [0, 0.1) is 13.8 Å². The second kappa shape index (κ2) is 6.33. The molecule has 0 aromatic heterocycles. The van der Waals surface area contributed by atoms with Crippen LogP contribution in [0.3, 0.4) is 0 Å². The second-order valence-electron chi connectivity index (χ2n) is 5.59. The van der Waals surface area contributed by atoms with E-state index >= 15 is 0 Å². The third-order valence-corrected chi connectivity index (χ3v) is 5.40. The van der Waals surface area contributed by atoms with Crippen molar-refractivity contribution in [2.24, 2.45) is 0 Å². The molecular formula is C17H19NO5S. The Bertz CT molecular complexity index is 877. The molecule has 1 aliphatic heterocycles. The zero-order valence-corrected chi connectivity index (χ0v) is 14.6. The van der Waals surface area contributed by atoms with Crippen molar-refractivity contribution in [3.63, 3.8) is 0 Å². The van der Waals surface area contributed by atoms with E-state index in [1.807, 2.05) is 26.0 Å². The molecule has 0 radical (unpaired) electrons. The summed E-state index contributed by atoms with van der Waals surface area (Å²) >= 11 is 0. The minimum atomic E-state index is -3.67. The maximum Gasteiger partial charge on any atom is 0.241 e. The molecule has 6 nitrogen and oxygen atoms in total. The molecule has 1 N–H and O–H groups in total. The van der Waals surface area contributed by atoms with Crippen LogP contribution in [0.1, 0.15) is 16.7 Å². The first-order chi connectivity index (χ1) is 11.4. The molecule has 0 unspecified atom stereocenters. The number of hydrogen-bond acceptors (Lipinski definition) is 5. The summed E-state index contributed by atoms with van der Waals surface area (Å²) in [5, 5.41) is 0. The maximum absolute atomic E-state index is 12.5. The van der Waals surface area contributed by atoms with E-state index in [1.54, 1.807) is 13.2 Å². The van der Waals surface area contributed by atoms with Crippen LogP contribution in [0.5, 0.6) is 17.2 Å². The quantitative estimate of drug-likeness (QED) is 0.898. The standard InChI is InChI=1S/C17H19NO5S/c1-11-6-13(16(21-3)7-12(11)2)9-18-24(19,20)14-4-5-15-17(8-14)23-10-22-15/h4-8,18H,9-10H2,1-3H3. The van der Waals surface area contributed by atoms with Gasteiger partial charge in [0.1, 0.15) is 5.75 Å². The predicted molar refractivity (Wildman–Crippen MR) is 89.1 cm³/mol. The first kappa shape index (κ1) is 16.6. The summed E-state index contributed by atoms with van der Waals surface area (Å²) in [6.45, 7) is 4.20. The van der Waals surface area contributed by atoms with Crippen molar-refractivity contribution in [1.82, 2.24) is 4.72 Å². The van der Waals surface area contributed by atoms with Crippen LogP contribution in [0.4, 0.5) is 0 Å². The van der Waals surface area contributed by atoms with Gasteiger partial charge in [0.15, 0.2) is 11.5 Å². The Morgan fingerprint density at radius 1 is 1.08 bits per heavy atom. The smallest absolute Gasteiger partial charge is 0.241 e. The van der Waals surface area contributed by atoms with Gasteiger partial charge in [-0.1, -0.05) is 6.07 Å². The lowest BCUT2D eigenvalue weighted by molar-refractivity contribution is 0.174. The third kappa shape index (κ3) is 3.18. The van der Waals surface area contributed by atoms with Crippen LogP contribution in [0.25, 0.3) is 0 Å². The number of ether oxygens (including phenoxy) is 3. The van der Waals surface area contributed by atoms with E-state index in [1.165, 1.54) is 12.1 Å². The molecule has 0 bridgehead atoms. The van der Waals surface area contributed by atoms with Crippen molar-refractivity contribution < 1.29 is 22.6 Å². The van der Waals surface area contributed by atoms with E-state index in [-0.39, 0.29) is 18.2 Å². The molecule has 0 amide bonds. The van der Waals surface area contributed by atoms with Gasteiger partial charge >= 0.3 is 0 Å². The molecule has 0 fully saturated rings. The number of rotatable bonds is 5. The average molecular weight is 349 g/mol. The van der Waals surface area contributed by atoms with Gasteiger partial charge in [0.2, 0.25) is 16.8 Å². The number of benzene rings is 2. The molecule has 0 aliphatic carbocycles. The van der Waals surface area contributed by atoms with Crippen LogP contribution in [0.15, 0.2) is 35.2 Å². The normalized spacial score (nSPS) is 13.1. The zero-order chi connectivity index (χ0) is 17.3. The van der Waals surface area contributed by atoms with Gasteiger partial charge in [-0.2, -0.15) is 0 Å². The highest BCUT2D eigenvalue weighted by atomic mass is 32.2. The van der Waals surface area contributed by atoms with Crippen LogP contribution >= 0.6 is 0 Å². The van der Waals surface area contributed by atoms with Crippen LogP contribution < -0.4 is 18.9 Å². The second-order valence-corrected chi connectivity index (χ2v) is 7.35. The zero-order valence-electron chi connectivity index (χ0n) is 13.8. The largest absolute Gasteiger partial charge is 0.496 e. The van der Waals surface area contributed by atoms with Gasteiger partial charge in [-0.15, -0.1) is 0 Å². The topological polar surface area (TPSA) is 73.9 Å². The van der Waals surface area contributed by atoms with Crippen LogP contribution in [-0.4, -0.2) is 22.3 Å². The summed E-state index contributed by atoms with van der Waals surface area (Å²) in [5.74, 6) is 1.64. The molecule has 128 valence electrons. The number of sulfonamides is 1. The van der Waals surface area contributed by atoms with Gasteiger partial charge in [-0.3, -0.25) is 0 Å². The van der Waals surface area contributed by atoms with E-state index in [4.69, 9.17) is 14.2 Å². The van der Waals surface area contributed by atoms with Crippen molar-refractivity contribution in [1.29, 1.82) is 0 Å². The van der Waals surface area contributed by atoms with Gasteiger partial charge in [0, 0.05) is 18.2 Å². The Morgan fingerprint density at radius 2 is 1.79 bits per heavy atom. The van der Waals surface area contributed by atoms with E-state index < -0.39 is 10.0 Å². The van der Waals surface area contributed by atoms with Gasteiger partial charge in [-0.05, 0) is 43.2 Å². The summed E-state index contributed by atoms with van der Waals surface area (Å²) in [5.41, 5.74) is 2.95. The van der Waals surface area contributed by atoms with Gasteiger partial charge in [-0.25, -0.2) is 13.1 Å². The Morgan fingerprint density at radius 3 is 2.54 bits per heavy atom. The minimum absolute atomic E-state index is 0.103. The Kier molecular flexibility index (Phi) is 4.38.